The van der Waals surface area contributed by atoms with E-state index in [1.54, 1.807) is 17.3 Å². The second kappa shape index (κ2) is 8.34. The molecule has 1 aromatic carbocycles. The molecule has 9 nitrogen and oxygen atoms in total. The first kappa shape index (κ1) is 22.0. The Morgan fingerprint density at radius 3 is 2.77 bits per heavy atom. The number of carbonyl (C=O) groups is 2. The van der Waals surface area contributed by atoms with Crippen LogP contribution in [0.25, 0.3) is 11.0 Å². The van der Waals surface area contributed by atoms with Gasteiger partial charge in [-0.05, 0) is 62.6 Å². The highest BCUT2D eigenvalue weighted by atomic mass is 16.5. The number of anilines is 1. The van der Waals surface area contributed by atoms with Crippen LogP contribution in [-0.2, 0) is 15.0 Å². The summed E-state index contributed by atoms with van der Waals surface area (Å²) in [6.45, 7) is 0.198. The van der Waals surface area contributed by atoms with Crippen molar-refractivity contribution in [3.8, 4) is 5.75 Å². The van der Waals surface area contributed by atoms with Crippen LogP contribution in [0.2, 0.25) is 0 Å². The number of aromatic amines is 1. The van der Waals surface area contributed by atoms with Gasteiger partial charge in [0.25, 0.3) is 0 Å². The number of amides is 2. The first-order chi connectivity index (χ1) is 17.0. The van der Waals surface area contributed by atoms with E-state index in [-0.39, 0.29) is 31.0 Å². The van der Waals surface area contributed by atoms with Gasteiger partial charge in [-0.3, -0.25) is 14.7 Å². The fraction of sp³-hybridized carbons (Fsp3) is 0.462. The number of rotatable bonds is 6. The van der Waals surface area contributed by atoms with Gasteiger partial charge < -0.3 is 20.1 Å². The molecule has 1 aliphatic heterocycles. The summed E-state index contributed by atoms with van der Waals surface area (Å²) in [5, 5.41) is 20.8. The van der Waals surface area contributed by atoms with Crippen LogP contribution in [-0.4, -0.2) is 56.9 Å². The number of H-pyrrole nitrogens is 1. The molecule has 2 fully saturated rings. The molecule has 0 radical (unpaired) electrons. The molecule has 2 amide bonds. The number of carbonyl (C=O) groups excluding carboxylic acids is 2. The van der Waals surface area contributed by atoms with Gasteiger partial charge in [-0.2, -0.15) is 5.10 Å². The van der Waals surface area contributed by atoms with Crippen LogP contribution in [0.3, 0.4) is 0 Å². The third kappa shape index (κ3) is 3.83. The average Bonchev–Trinajstić information content (AvgIpc) is 3.40. The van der Waals surface area contributed by atoms with Crippen molar-refractivity contribution >= 4 is 28.5 Å². The number of para-hydroxylation sites is 1. The quantitative estimate of drug-likeness (QED) is 0.504. The van der Waals surface area contributed by atoms with E-state index in [4.69, 9.17) is 4.74 Å². The molecule has 0 bridgehead atoms. The zero-order valence-electron chi connectivity index (χ0n) is 19.5. The van der Waals surface area contributed by atoms with E-state index in [9.17, 15) is 14.7 Å². The minimum Gasteiger partial charge on any atom is -0.489 e. The molecule has 2 aromatic heterocycles. The number of nitrogens with zero attached hydrogens (tertiary/aromatic N) is 3. The van der Waals surface area contributed by atoms with E-state index in [0.717, 1.165) is 41.5 Å². The van der Waals surface area contributed by atoms with Gasteiger partial charge in [0.2, 0.25) is 11.8 Å². The lowest BCUT2D eigenvalue weighted by Gasteiger charge is -2.37. The van der Waals surface area contributed by atoms with Gasteiger partial charge in [0.15, 0.2) is 5.65 Å². The first-order valence-corrected chi connectivity index (χ1v) is 12.3. The minimum absolute atomic E-state index is 0.00712. The van der Waals surface area contributed by atoms with Gasteiger partial charge in [-0.1, -0.05) is 18.2 Å². The molecule has 3 N–H and O–H groups in total. The van der Waals surface area contributed by atoms with E-state index in [1.165, 1.54) is 0 Å². The van der Waals surface area contributed by atoms with Crippen molar-refractivity contribution in [2.45, 2.75) is 62.1 Å². The standard InChI is InChI=1S/C26H29N5O4/c32-22(28-16-25(34)8-3-9-25)15-31-21-5-2-1-4-20(21)26(24(31)33)10-6-18(7-11-26)35-19-12-17-13-29-30-23(17)27-14-19/h1-2,4-5,12-14,18,34H,3,6-11,15-16H2,(H,28,32)(H,27,29,30). The summed E-state index contributed by atoms with van der Waals surface area (Å²) in [5.41, 5.74) is 1.11. The normalized spacial score (nSPS) is 24.9. The number of nitrogens with one attached hydrogen (secondary N) is 2. The van der Waals surface area contributed by atoms with E-state index >= 15 is 0 Å². The Hall–Kier alpha value is -3.46. The summed E-state index contributed by atoms with van der Waals surface area (Å²) < 4.78 is 6.21. The second-order valence-electron chi connectivity index (χ2n) is 10.1. The van der Waals surface area contributed by atoms with E-state index < -0.39 is 11.0 Å². The van der Waals surface area contributed by atoms with Crippen molar-refractivity contribution < 1.29 is 19.4 Å². The molecule has 3 heterocycles. The lowest BCUT2D eigenvalue weighted by Crippen LogP contribution is -2.51. The predicted molar refractivity (Wildman–Crippen MR) is 129 cm³/mol. The SMILES string of the molecule is O=C(CN1C(=O)C2(CCC(Oc3cnc4[nH]ncc4c3)CC2)c2ccccc21)NCC1(O)CCC1. The predicted octanol–water partition coefficient (Wildman–Crippen LogP) is 2.60. The zero-order valence-corrected chi connectivity index (χ0v) is 19.5. The van der Waals surface area contributed by atoms with E-state index in [1.807, 2.05) is 30.3 Å². The molecule has 2 aliphatic carbocycles. The van der Waals surface area contributed by atoms with E-state index in [2.05, 4.69) is 20.5 Å². The smallest absolute Gasteiger partial charge is 0.240 e. The number of aromatic nitrogens is 3. The average molecular weight is 476 g/mol. The van der Waals surface area contributed by atoms with Gasteiger partial charge in [0, 0.05) is 17.6 Å². The molecule has 0 atom stereocenters. The van der Waals surface area contributed by atoms with Gasteiger partial charge in [0.05, 0.1) is 29.5 Å². The number of benzene rings is 1. The maximum Gasteiger partial charge on any atom is 0.240 e. The second-order valence-corrected chi connectivity index (χ2v) is 10.1. The topological polar surface area (TPSA) is 120 Å². The van der Waals surface area contributed by atoms with Crippen molar-refractivity contribution in [2.24, 2.45) is 0 Å². The summed E-state index contributed by atoms with van der Waals surface area (Å²) in [6.07, 6.45) is 8.58. The van der Waals surface area contributed by atoms with Crippen molar-refractivity contribution in [1.82, 2.24) is 20.5 Å². The number of fused-ring (bicyclic) bond motifs is 3. The maximum atomic E-state index is 13.8. The molecule has 1 spiro atoms. The number of hydrogen-bond donors (Lipinski definition) is 3. The van der Waals surface area contributed by atoms with Crippen molar-refractivity contribution in [3.05, 3.63) is 48.3 Å². The number of aliphatic hydroxyl groups is 1. The number of pyridine rings is 1. The molecule has 0 saturated heterocycles. The van der Waals surface area contributed by atoms with Crippen LogP contribution >= 0.6 is 0 Å². The van der Waals surface area contributed by atoms with Gasteiger partial charge in [-0.15, -0.1) is 0 Å². The molecule has 3 aliphatic rings. The minimum atomic E-state index is -0.792. The third-order valence-electron chi connectivity index (χ3n) is 7.92. The van der Waals surface area contributed by atoms with Gasteiger partial charge in [0.1, 0.15) is 12.3 Å². The Morgan fingerprint density at radius 1 is 1.20 bits per heavy atom. The summed E-state index contributed by atoms with van der Waals surface area (Å²) in [5.74, 6) is 0.435. The van der Waals surface area contributed by atoms with Crippen molar-refractivity contribution in [3.63, 3.8) is 0 Å². The van der Waals surface area contributed by atoms with Crippen LogP contribution in [0.1, 0.15) is 50.5 Å². The van der Waals surface area contributed by atoms with Crippen molar-refractivity contribution in [2.75, 3.05) is 18.0 Å². The Kier molecular flexibility index (Phi) is 5.25. The number of hydrogen-bond acceptors (Lipinski definition) is 6. The highest BCUT2D eigenvalue weighted by Gasteiger charge is 2.52. The van der Waals surface area contributed by atoms with Gasteiger partial charge >= 0.3 is 0 Å². The Labute approximate surface area is 202 Å². The van der Waals surface area contributed by atoms with E-state index in [0.29, 0.717) is 31.4 Å². The lowest BCUT2D eigenvalue weighted by atomic mass is 9.69. The molecular formula is C26H29N5O4. The van der Waals surface area contributed by atoms with Crippen molar-refractivity contribution in [1.29, 1.82) is 0 Å². The molecule has 2 saturated carbocycles. The van der Waals surface area contributed by atoms with Crippen LogP contribution in [0.5, 0.6) is 5.75 Å². The Bertz CT molecular complexity index is 1280. The highest BCUT2D eigenvalue weighted by molar-refractivity contribution is 6.10. The monoisotopic (exact) mass is 475 g/mol. The van der Waals surface area contributed by atoms with Crippen LogP contribution in [0.4, 0.5) is 5.69 Å². The van der Waals surface area contributed by atoms with Crippen LogP contribution in [0.15, 0.2) is 42.7 Å². The maximum absolute atomic E-state index is 13.8. The van der Waals surface area contributed by atoms with Gasteiger partial charge in [-0.25, -0.2) is 4.98 Å². The first-order valence-electron chi connectivity index (χ1n) is 12.3. The molecular weight excluding hydrogens is 446 g/mol. The summed E-state index contributed by atoms with van der Waals surface area (Å²) >= 11 is 0. The lowest BCUT2D eigenvalue weighted by molar-refractivity contribution is -0.128. The molecule has 6 rings (SSSR count). The molecule has 9 heteroatoms. The molecule has 35 heavy (non-hydrogen) atoms. The Morgan fingerprint density at radius 2 is 2.00 bits per heavy atom. The Balaban J connectivity index is 1.14. The fourth-order valence-corrected chi connectivity index (χ4v) is 5.74. The molecule has 3 aromatic rings. The largest absolute Gasteiger partial charge is 0.489 e. The zero-order chi connectivity index (χ0) is 24.0. The summed E-state index contributed by atoms with van der Waals surface area (Å²) in [4.78, 5) is 32.4. The summed E-state index contributed by atoms with van der Waals surface area (Å²) in [6, 6.07) is 9.72. The molecule has 0 unspecified atom stereocenters. The summed E-state index contributed by atoms with van der Waals surface area (Å²) in [7, 11) is 0. The molecule has 182 valence electrons. The van der Waals surface area contributed by atoms with Crippen LogP contribution < -0.4 is 15.0 Å². The van der Waals surface area contributed by atoms with Crippen LogP contribution in [0, 0.1) is 0 Å². The third-order valence-corrected chi connectivity index (χ3v) is 7.92. The highest BCUT2D eigenvalue weighted by Crippen LogP contribution is 2.50. The fourth-order valence-electron chi connectivity index (χ4n) is 5.74. The number of ether oxygens (including phenoxy) is 1.